The Morgan fingerprint density at radius 2 is 2.08 bits per heavy atom. The van der Waals surface area contributed by atoms with Gasteiger partial charge in [-0.3, -0.25) is 9.69 Å². The molecule has 25 heavy (non-hydrogen) atoms. The Balaban J connectivity index is 1.48. The molecule has 0 saturated carbocycles. The number of likely N-dealkylation sites (tertiary alicyclic amines) is 1. The zero-order valence-corrected chi connectivity index (χ0v) is 15.2. The predicted molar refractivity (Wildman–Crippen MR) is 97.5 cm³/mol. The van der Waals surface area contributed by atoms with E-state index in [9.17, 15) is 4.79 Å². The van der Waals surface area contributed by atoms with Gasteiger partial charge in [0.15, 0.2) is 0 Å². The molecule has 1 amide bonds. The number of benzene rings is 1. The molecular weight excluding hydrogens is 316 g/mol. The highest BCUT2D eigenvalue weighted by molar-refractivity contribution is 5.76. The second-order valence-electron chi connectivity index (χ2n) is 7.08. The Hall–Kier alpha value is -1.43. The molecule has 2 heterocycles. The molecule has 1 aromatic rings. The number of methoxy groups -OCH3 is 1. The molecule has 2 aliphatic rings. The van der Waals surface area contributed by atoms with Crippen molar-refractivity contribution < 1.29 is 14.3 Å². The van der Waals surface area contributed by atoms with Crippen molar-refractivity contribution in [3.05, 3.63) is 35.9 Å². The fourth-order valence-electron chi connectivity index (χ4n) is 3.82. The minimum absolute atomic E-state index is 0.182. The summed E-state index contributed by atoms with van der Waals surface area (Å²) in [6, 6.07) is 10.2. The third-order valence-electron chi connectivity index (χ3n) is 5.36. The Labute approximate surface area is 150 Å². The third kappa shape index (κ3) is 5.27. The van der Waals surface area contributed by atoms with Gasteiger partial charge in [-0.2, -0.15) is 0 Å². The van der Waals surface area contributed by atoms with E-state index in [1.54, 1.807) is 7.11 Å². The second kappa shape index (κ2) is 9.32. The van der Waals surface area contributed by atoms with Crippen molar-refractivity contribution in [3.8, 4) is 0 Å². The average Bonchev–Trinajstić information content (AvgIpc) is 2.86. The lowest BCUT2D eigenvalue weighted by atomic mass is 9.93. The van der Waals surface area contributed by atoms with Gasteiger partial charge in [0.1, 0.15) is 0 Å². The van der Waals surface area contributed by atoms with Gasteiger partial charge in [-0.1, -0.05) is 30.3 Å². The molecule has 138 valence electrons. The summed E-state index contributed by atoms with van der Waals surface area (Å²) in [7, 11) is 1.75. The number of nitrogens with zero attached hydrogens (tertiary/aromatic N) is 2. The topological polar surface area (TPSA) is 42.0 Å². The number of rotatable bonds is 6. The van der Waals surface area contributed by atoms with E-state index in [-0.39, 0.29) is 12.0 Å². The van der Waals surface area contributed by atoms with Crippen LogP contribution in [0.15, 0.2) is 30.3 Å². The van der Waals surface area contributed by atoms with Gasteiger partial charge in [-0.25, -0.2) is 0 Å². The largest absolute Gasteiger partial charge is 0.383 e. The zero-order valence-electron chi connectivity index (χ0n) is 15.2. The van der Waals surface area contributed by atoms with Crippen LogP contribution in [0, 0.1) is 5.92 Å². The van der Waals surface area contributed by atoms with Crippen LogP contribution in [0.25, 0.3) is 0 Å². The van der Waals surface area contributed by atoms with Crippen molar-refractivity contribution in [2.45, 2.75) is 25.4 Å². The number of amides is 1. The molecule has 2 saturated heterocycles. The Bertz CT molecular complexity index is 537. The first kappa shape index (κ1) is 18.4. The molecule has 2 fully saturated rings. The van der Waals surface area contributed by atoms with Gasteiger partial charge in [0.25, 0.3) is 0 Å². The fraction of sp³-hybridized carbons (Fsp3) is 0.650. The molecule has 5 heteroatoms. The van der Waals surface area contributed by atoms with Crippen LogP contribution in [0.1, 0.15) is 18.4 Å². The lowest BCUT2D eigenvalue weighted by molar-refractivity contribution is -0.136. The van der Waals surface area contributed by atoms with Gasteiger partial charge in [0.05, 0.1) is 19.3 Å². The van der Waals surface area contributed by atoms with E-state index in [0.29, 0.717) is 12.3 Å². The Morgan fingerprint density at radius 3 is 2.88 bits per heavy atom. The molecule has 2 atom stereocenters. The number of hydrogen-bond donors (Lipinski definition) is 0. The Morgan fingerprint density at radius 1 is 1.24 bits per heavy atom. The van der Waals surface area contributed by atoms with E-state index < -0.39 is 0 Å². The molecule has 0 unspecified atom stereocenters. The number of piperidine rings is 1. The van der Waals surface area contributed by atoms with Crippen LogP contribution >= 0.6 is 0 Å². The normalized spacial score (nSPS) is 24.6. The van der Waals surface area contributed by atoms with Crippen molar-refractivity contribution in [1.29, 1.82) is 0 Å². The van der Waals surface area contributed by atoms with E-state index in [4.69, 9.17) is 9.47 Å². The van der Waals surface area contributed by atoms with E-state index in [0.717, 1.165) is 58.8 Å². The maximum absolute atomic E-state index is 12.6. The van der Waals surface area contributed by atoms with Crippen LogP contribution in [-0.4, -0.2) is 74.9 Å². The molecule has 5 nitrogen and oxygen atoms in total. The van der Waals surface area contributed by atoms with E-state index >= 15 is 0 Å². The number of hydrogen-bond acceptors (Lipinski definition) is 4. The van der Waals surface area contributed by atoms with Crippen molar-refractivity contribution in [1.82, 2.24) is 9.80 Å². The highest BCUT2D eigenvalue weighted by Gasteiger charge is 2.34. The van der Waals surface area contributed by atoms with Crippen LogP contribution in [-0.2, 0) is 20.7 Å². The Kier molecular flexibility index (Phi) is 6.84. The summed E-state index contributed by atoms with van der Waals surface area (Å²) in [5.41, 5.74) is 1.23. The van der Waals surface area contributed by atoms with Crippen LogP contribution < -0.4 is 0 Å². The van der Waals surface area contributed by atoms with Gasteiger partial charge in [-0.15, -0.1) is 0 Å². The summed E-state index contributed by atoms with van der Waals surface area (Å²) in [5.74, 6) is 0.781. The standard InChI is InChI=1S/C20H30N2O3/c1-24-13-11-21-12-14-25-19-16-22(10-9-18(19)15-21)20(23)8-7-17-5-3-2-4-6-17/h2-6,18-19H,7-16H2,1H3/t18-,19-/m1/s1. The fourth-order valence-corrected chi connectivity index (χ4v) is 3.82. The van der Waals surface area contributed by atoms with Crippen molar-refractivity contribution >= 4 is 5.91 Å². The highest BCUT2D eigenvalue weighted by Crippen LogP contribution is 2.24. The average molecular weight is 346 g/mol. The first-order chi connectivity index (χ1) is 12.3. The minimum atomic E-state index is 0.182. The maximum atomic E-state index is 12.6. The summed E-state index contributed by atoms with van der Waals surface area (Å²) in [4.78, 5) is 17.0. The van der Waals surface area contributed by atoms with Crippen LogP contribution in [0.5, 0.6) is 0 Å². The molecule has 3 rings (SSSR count). The van der Waals surface area contributed by atoms with Gasteiger partial charge >= 0.3 is 0 Å². The SMILES string of the molecule is COCCN1CCO[C@@H]2CN(C(=O)CCc3ccccc3)CC[C@@H]2C1. The molecule has 0 aliphatic carbocycles. The molecule has 0 radical (unpaired) electrons. The lowest BCUT2D eigenvalue weighted by Gasteiger charge is -2.38. The minimum Gasteiger partial charge on any atom is -0.383 e. The molecular formula is C20H30N2O3. The molecule has 1 aromatic carbocycles. The van der Waals surface area contributed by atoms with Crippen LogP contribution in [0.2, 0.25) is 0 Å². The van der Waals surface area contributed by atoms with E-state index in [1.165, 1.54) is 5.56 Å². The maximum Gasteiger partial charge on any atom is 0.222 e. The second-order valence-corrected chi connectivity index (χ2v) is 7.08. The van der Waals surface area contributed by atoms with Crippen molar-refractivity contribution in [2.75, 3.05) is 53.0 Å². The van der Waals surface area contributed by atoms with Crippen molar-refractivity contribution in [3.63, 3.8) is 0 Å². The van der Waals surface area contributed by atoms with Crippen molar-refractivity contribution in [2.24, 2.45) is 5.92 Å². The predicted octanol–water partition coefficient (Wildman–Crippen LogP) is 1.81. The van der Waals surface area contributed by atoms with E-state index in [1.807, 2.05) is 23.1 Å². The zero-order chi connectivity index (χ0) is 17.5. The summed E-state index contributed by atoms with van der Waals surface area (Å²) in [6.45, 7) is 6.09. The van der Waals surface area contributed by atoms with Gasteiger partial charge in [0, 0.05) is 52.2 Å². The third-order valence-corrected chi connectivity index (χ3v) is 5.36. The smallest absolute Gasteiger partial charge is 0.222 e. The number of ether oxygens (including phenoxy) is 2. The molecule has 0 N–H and O–H groups in total. The molecule has 0 bridgehead atoms. The summed E-state index contributed by atoms with van der Waals surface area (Å²) < 4.78 is 11.3. The van der Waals surface area contributed by atoms with Crippen LogP contribution in [0.3, 0.4) is 0 Å². The molecule has 2 aliphatic heterocycles. The van der Waals surface area contributed by atoms with E-state index in [2.05, 4.69) is 17.0 Å². The first-order valence-electron chi connectivity index (χ1n) is 9.41. The number of fused-ring (bicyclic) bond motifs is 1. The quantitative estimate of drug-likeness (QED) is 0.788. The summed E-state index contributed by atoms with van der Waals surface area (Å²) in [6.07, 6.45) is 2.62. The monoisotopic (exact) mass is 346 g/mol. The number of carbonyl (C=O) groups excluding carboxylic acids is 1. The lowest BCUT2D eigenvalue weighted by Crippen LogP contribution is -2.49. The van der Waals surface area contributed by atoms with Gasteiger partial charge in [-0.05, 0) is 18.4 Å². The first-order valence-corrected chi connectivity index (χ1v) is 9.41. The van der Waals surface area contributed by atoms with Gasteiger partial charge in [0.2, 0.25) is 5.91 Å². The summed E-state index contributed by atoms with van der Waals surface area (Å²) >= 11 is 0. The number of carbonyl (C=O) groups is 1. The molecule has 0 aromatic heterocycles. The molecule has 0 spiro atoms. The summed E-state index contributed by atoms with van der Waals surface area (Å²) in [5, 5.41) is 0. The number of aryl methyl sites for hydroxylation is 1. The highest BCUT2D eigenvalue weighted by atomic mass is 16.5. The van der Waals surface area contributed by atoms with Gasteiger partial charge < -0.3 is 14.4 Å². The van der Waals surface area contributed by atoms with Crippen LogP contribution in [0.4, 0.5) is 0 Å².